The zero-order valence-corrected chi connectivity index (χ0v) is 17.2. The van der Waals surface area contributed by atoms with Crippen LogP contribution in [0.4, 0.5) is 9.80 Å². The quantitative estimate of drug-likeness (QED) is 0.536. The van der Waals surface area contributed by atoms with E-state index < -0.39 is 35.9 Å². The number of anilines is 1. The van der Waals surface area contributed by atoms with Crippen LogP contribution in [0.15, 0.2) is 35.7 Å². The second-order valence-electron chi connectivity index (χ2n) is 6.39. The van der Waals surface area contributed by atoms with Crippen molar-refractivity contribution < 1.29 is 23.9 Å². The minimum absolute atomic E-state index is 0.202. The fraction of sp³-hybridized carbons (Fsp3) is 0.263. The first-order chi connectivity index (χ1) is 13.8. The van der Waals surface area contributed by atoms with Gasteiger partial charge in [0.2, 0.25) is 5.91 Å². The molecule has 0 aliphatic carbocycles. The van der Waals surface area contributed by atoms with Crippen molar-refractivity contribution in [2.24, 2.45) is 0 Å². The summed E-state index contributed by atoms with van der Waals surface area (Å²) < 4.78 is 4.94. The van der Waals surface area contributed by atoms with Crippen molar-refractivity contribution in [3.8, 4) is 0 Å². The molecule has 1 fully saturated rings. The zero-order valence-electron chi connectivity index (χ0n) is 15.7. The van der Waals surface area contributed by atoms with Crippen LogP contribution in [0.2, 0.25) is 5.02 Å². The second kappa shape index (κ2) is 8.22. The van der Waals surface area contributed by atoms with Gasteiger partial charge < -0.3 is 15.4 Å². The van der Waals surface area contributed by atoms with E-state index in [1.54, 1.807) is 43.5 Å². The van der Waals surface area contributed by atoms with Gasteiger partial charge in [0, 0.05) is 5.02 Å². The number of hydrogen-bond donors (Lipinski definition) is 2. The minimum atomic E-state index is -1.30. The molecule has 2 aromatic rings. The summed E-state index contributed by atoms with van der Waals surface area (Å²) in [5.41, 5.74) is -0.541. The lowest BCUT2D eigenvalue weighted by molar-refractivity contribution is -0.133. The number of nitrogens with zero attached hydrogens (tertiary/aromatic N) is 1. The van der Waals surface area contributed by atoms with Gasteiger partial charge >= 0.3 is 12.0 Å². The van der Waals surface area contributed by atoms with E-state index >= 15 is 0 Å². The molecule has 1 aromatic heterocycles. The highest BCUT2D eigenvalue weighted by Crippen LogP contribution is 2.30. The predicted molar refractivity (Wildman–Crippen MR) is 108 cm³/mol. The summed E-state index contributed by atoms with van der Waals surface area (Å²) in [5, 5.41) is 7.60. The monoisotopic (exact) mass is 435 g/mol. The van der Waals surface area contributed by atoms with Gasteiger partial charge in [-0.25, -0.2) is 9.59 Å². The number of imide groups is 1. The van der Waals surface area contributed by atoms with Gasteiger partial charge in [-0.05, 0) is 43.0 Å². The Morgan fingerprint density at radius 2 is 1.93 bits per heavy atom. The second-order valence-corrected chi connectivity index (χ2v) is 7.74. The molecule has 1 aliphatic rings. The Labute approximate surface area is 175 Å². The molecule has 0 spiro atoms. The maximum atomic E-state index is 12.9. The van der Waals surface area contributed by atoms with Crippen LogP contribution < -0.4 is 10.6 Å². The third kappa shape index (κ3) is 4.10. The maximum absolute atomic E-state index is 12.9. The van der Waals surface area contributed by atoms with Crippen LogP contribution in [0, 0.1) is 0 Å². The van der Waals surface area contributed by atoms with E-state index in [2.05, 4.69) is 10.6 Å². The standard InChI is InChI=1S/C19H18ClN3O5S/c1-3-28-16(25)13-8-9-29-15(13)21-14(24)10-23-17(26)19(2,22-18(23)27)11-4-6-12(20)7-5-11/h4-9H,3,10H2,1-2H3,(H,21,24)(H,22,27). The number of amides is 4. The molecule has 1 unspecified atom stereocenters. The molecule has 2 N–H and O–H groups in total. The molecule has 0 bridgehead atoms. The molecule has 0 saturated carbocycles. The predicted octanol–water partition coefficient (Wildman–Crippen LogP) is 2.98. The number of halogens is 1. The lowest BCUT2D eigenvalue weighted by atomic mass is 9.92. The Balaban J connectivity index is 1.72. The Hall–Kier alpha value is -2.91. The summed E-state index contributed by atoms with van der Waals surface area (Å²) in [4.78, 5) is 50.4. The van der Waals surface area contributed by atoms with Gasteiger partial charge in [-0.2, -0.15) is 0 Å². The van der Waals surface area contributed by atoms with E-state index in [0.29, 0.717) is 15.6 Å². The smallest absolute Gasteiger partial charge is 0.341 e. The minimum Gasteiger partial charge on any atom is -0.462 e. The van der Waals surface area contributed by atoms with Crippen LogP contribution in [-0.2, 0) is 19.9 Å². The highest BCUT2D eigenvalue weighted by Gasteiger charge is 2.49. The Kier molecular flexibility index (Phi) is 5.90. The van der Waals surface area contributed by atoms with E-state index in [1.165, 1.54) is 6.07 Å². The van der Waals surface area contributed by atoms with Crippen molar-refractivity contribution in [3.05, 3.63) is 51.9 Å². The molecular weight excluding hydrogens is 418 g/mol. The average Bonchev–Trinajstić information content (AvgIpc) is 3.21. The topological polar surface area (TPSA) is 105 Å². The maximum Gasteiger partial charge on any atom is 0.341 e. The van der Waals surface area contributed by atoms with Crippen LogP contribution in [0.5, 0.6) is 0 Å². The molecule has 3 rings (SSSR count). The molecule has 0 radical (unpaired) electrons. The fourth-order valence-corrected chi connectivity index (χ4v) is 3.82. The third-order valence-corrected chi connectivity index (χ3v) is 5.49. The normalized spacial score (nSPS) is 18.5. The van der Waals surface area contributed by atoms with Gasteiger partial charge in [0.25, 0.3) is 5.91 Å². The molecule has 4 amide bonds. The van der Waals surface area contributed by atoms with E-state index in [4.69, 9.17) is 16.3 Å². The first-order valence-corrected chi connectivity index (χ1v) is 9.96. The third-order valence-electron chi connectivity index (χ3n) is 4.41. The largest absolute Gasteiger partial charge is 0.462 e. The number of esters is 1. The van der Waals surface area contributed by atoms with E-state index in [1.807, 2.05) is 0 Å². The van der Waals surface area contributed by atoms with Crippen molar-refractivity contribution in [3.63, 3.8) is 0 Å². The van der Waals surface area contributed by atoms with Crippen LogP contribution in [0.1, 0.15) is 29.8 Å². The number of carbonyl (C=O) groups excluding carboxylic acids is 4. The highest BCUT2D eigenvalue weighted by atomic mass is 35.5. The number of urea groups is 1. The summed E-state index contributed by atoms with van der Waals surface area (Å²) in [6.07, 6.45) is 0. The van der Waals surface area contributed by atoms with Crippen molar-refractivity contribution in [2.45, 2.75) is 19.4 Å². The molecular formula is C19H18ClN3O5S. The Morgan fingerprint density at radius 1 is 1.24 bits per heavy atom. The van der Waals surface area contributed by atoms with Gasteiger partial charge in [-0.1, -0.05) is 23.7 Å². The van der Waals surface area contributed by atoms with Crippen LogP contribution in [-0.4, -0.2) is 41.9 Å². The van der Waals surface area contributed by atoms with Crippen molar-refractivity contribution >= 4 is 51.8 Å². The summed E-state index contributed by atoms with van der Waals surface area (Å²) in [7, 11) is 0. The molecule has 1 aromatic carbocycles. The number of nitrogens with one attached hydrogen (secondary N) is 2. The number of benzene rings is 1. The lowest BCUT2D eigenvalue weighted by Crippen LogP contribution is -2.42. The molecule has 8 nitrogen and oxygen atoms in total. The van der Waals surface area contributed by atoms with Crippen molar-refractivity contribution in [1.82, 2.24) is 10.2 Å². The Morgan fingerprint density at radius 3 is 2.59 bits per heavy atom. The number of ether oxygens (including phenoxy) is 1. The van der Waals surface area contributed by atoms with E-state index in [9.17, 15) is 19.2 Å². The summed E-state index contributed by atoms with van der Waals surface area (Å²) in [6, 6.07) is 7.36. The molecule has 1 saturated heterocycles. The summed E-state index contributed by atoms with van der Waals surface area (Å²) in [6.45, 7) is 2.95. The molecule has 152 valence electrons. The van der Waals surface area contributed by atoms with E-state index in [0.717, 1.165) is 16.2 Å². The fourth-order valence-electron chi connectivity index (χ4n) is 2.90. The highest BCUT2D eigenvalue weighted by molar-refractivity contribution is 7.14. The van der Waals surface area contributed by atoms with Crippen molar-refractivity contribution in [2.75, 3.05) is 18.5 Å². The Bertz CT molecular complexity index is 974. The molecule has 2 heterocycles. The van der Waals surface area contributed by atoms with E-state index in [-0.39, 0.29) is 12.2 Å². The van der Waals surface area contributed by atoms with Gasteiger partial charge in [0.05, 0.1) is 12.2 Å². The van der Waals surface area contributed by atoms with Gasteiger partial charge in [0.1, 0.15) is 17.1 Å². The SMILES string of the molecule is CCOC(=O)c1ccsc1NC(=O)CN1C(=O)NC(C)(c2ccc(Cl)cc2)C1=O. The first-order valence-electron chi connectivity index (χ1n) is 8.71. The number of rotatable bonds is 6. The summed E-state index contributed by atoms with van der Waals surface area (Å²) in [5.74, 6) is -1.73. The number of carbonyl (C=O) groups is 4. The van der Waals surface area contributed by atoms with Crippen LogP contribution in [0.3, 0.4) is 0 Å². The van der Waals surface area contributed by atoms with Crippen LogP contribution >= 0.6 is 22.9 Å². The molecule has 10 heteroatoms. The van der Waals surface area contributed by atoms with Crippen molar-refractivity contribution in [1.29, 1.82) is 0 Å². The molecule has 1 aliphatic heterocycles. The first kappa shape index (κ1) is 20.8. The number of hydrogen-bond acceptors (Lipinski definition) is 6. The average molecular weight is 436 g/mol. The van der Waals surface area contributed by atoms with Gasteiger partial charge in [-0.15, -0.1) is 11.3 Å². The summed E-state index contributed by atoms with van der Waals surface area (Å²) >= 11 is 7.02. The zero-order chi connectivity index (χ0) is 21.2. The van der Waals surface area contributed by atoms with Gasteiger partial charge in [0.15, 0.2) is 0 Å². The number of thiophene rings is 1. The van der Waals surface area contributed by atoms with Gasteiger partial charge in [-0.3, -0.25) is 14.5 Å². The lowest BCUT2D eigenvalue weighted by Gasteiger charge is -2.22. The molecule has 1 atom stereocenters. The molecule has 29 heavy (non-hydrogen) atoms. The van der Waals surface area contributed by atoms with Crippen LogP contribution in [0.25, 0.3) is 0 Å².